The third kappa shape index (κ3) is 0.975. The summed E-state index contributed by atoms with van der Waals surface area (Å²) in [7, 11) is 1.72. The maximum atomic E-state index is 8.06. The van der Waals surface area contributed by atoms with Gasteiger partial charge in [-0.25, -0.2) is 0 Å². The second-order valence-electron chi connectivity index (χ2n) is 2.47. The van der Waals surface area contributed by atoms with Gasteiger partial charge in [0.1, 0.15) is 9.12 Å². The Labute approximate surface area is 62.7 Å². The molecule has 0 saturated heterocycles. The van der Waals surface area contributed by atoms with Gasteiger partial charge in [0.25, 0.3) is 0 Å². The van der Waals surface area contributed by atoms with Gasteiger partial charge in [0.15, 0.2) is 0 Å². The second-order valence-corrected chi connectivity index (χ2v) is 2.47. The van der Waals surface area contributed by atoms with Crippen molar-refractivity contribution >= 4 is 9.12 Å². The third-order valence-electron chi connectivity index (χ3n) is 1.90. The van der Waals surface area contributed by atoms with Gasteiger partial charge in [0.2, 0.25) is 0 Å². The zero-order chi connectivity index (χ0) is 7.72. The van der Waals surface area contributed by atoms with Gasteiger partial charge in [-0.2, -0.15) is 0 Å². The van der Waals surface area contributed by atoms with Crippen LogP contribution in [0.4, 0.5) is 0 Å². The second kappa shape index (κ2) is 2.51. The summed E-state index contributed by atoms with van der Waals surface area (Å²) in [6, 6.07) is 4.47. The van der Waals surface area contributed by atoms with Gasteiger partial charge in [-0.05, 0) is 42.2 Å². The number of benzene rings is 1. The van der Waals surface area contributed by atoms with Crippen LogP contribution in [0.1, 0.15) is 11.1 Å². The predicted molar refractivity (Wildman–Crippen MR) is 43.9 cm³/mol. The minimum Gasteiger partial charge on any atom is -0.279 e. The van der Waals surface area contributed by atoms with Crippen molar-refractivity contribution in [2.45, 2.75) is 13.8 Å². The average molecular weight is 152 g/mol. The Hall–Kier alpha value is -0.680. The van der Waals surface area contributed by atoms with Crippen LogP contribution in [0.25, 0.3) is 11.1 Å². The third-order valence-corrected chi connectivity index (χ3v) is 1.90. The van der Waals surface area contributed by atoms with E-state index in [0.717, 1.165) is 0 Å². The first-order chi connectivity index (χ1) is 4.79. The molecule has 2 aliphatic rings. The summed E-state index contributed by atoms with van der Waals surface area (Å²) in [6.45, 7) is 4.34. The number of fused-ring (bicyclic) bond motifs is 1. The number of hydrogen-bond acceptors (Lipinski definition) is 1. The van der Waals surface area contributed by atoms with Crippen LogP contribution in [0, 0.1) is 13.8 Å². The van der Waals surface area contributed by atoms with Gasteiger partial charge >= 0.3 is 0 Å². The van der Waals surface area contributed by atoms with Crippen LogP contribution in [0.5, 0.6) is 0 Å². The van der Waals surface area contributed by atoms with E-state index < -0.39 is 0 Å². The van der Waals surface area contributed by atoms with Gasteiger partial charge in [-0.1, -0.05) is 6.07 Å². The summed E-state index contributed by atoms with van der Waals surface area (Å²) < 4.78 is 8.06. The molecule has 0 saturated carbocycles. The quantitative estimate of drug-likeness (QED) is 0.530. The van der Waals surface area contributed by atoms with Crippen LogP contribution in [-0.4, -0.2) is 0 Å². The van der Waals surface area contributed by atoms with Crippen LogP contribution >= 0.6 is 9.12 Å². The van der Waals surface area contributed by atoms with Gasteiger partial charge < -0.3 is 0 Å². The topological polar surface area (TPSA) is 17.1 Å². The molecule has 10 heavy (non-hydrogen) atoms. The summed E-state index contributed by atoms with van der Waals surface area (Å²) >= 11 is 0. The highest BCUT2D eigenvalue weighted by Crippen LogP contribution is 2.40. The molecule has 0 bridgehead atoms. The highest BCUT2D eigenvalue weighted by atomic mass is 31.0. The molecule has 0 spiro atoms. The minimum atomic E-state index is 1.44. The fourth-order valence-electron chi connectivity index (χ4n) is 1.12. The Bertz CT molecular complexity index is 268. The molecule has 2 rings (SSSR count). The SMILES string of the molecule is Cc1cc2cc-2c1C.O=P. The van der Waals surface area contributed by atoms with Crippen molar-refractivity contribution in [3.8, 4) is 11.1 Å². The minimum absolute atomic E-state index is 1.44. The Morgan fingerprint density at radius 3 is 2.00 bits per heavy atom. The van der Waals surface area contributed by atoms with E-state index in [0.29, 0.717) is 0 Å². The van der Waals surface area contributed by atoms with Gasteiger partial charge in [0, 0.05) is 0 Å². The Balaban J connectivity index is 0.000000231. The van der Waals surface area contributed by atoms with E-state index in [1.807, 2.05) is 0 Å². The molecule has 0 aromatic rings. The lowest BCUT2D eigenvalue weighted by atomic mass is 10.2. The molecule has 1 nitrogen and oxygen atoms in total. The van der Waals surface area contributed by atoms with Crippen LogP contribution in [-0.2, 0) is 4.57 Å². The molecule has 0 aliphatic heterocycles. The summed E-state index contributed by atoms with van der Waals surface area (Å²) in [4.78, 5) is 0. The van der Waals surface area contributed by atoms with Crippen molar-refractivity contribution in [3.05, 3.63) is 23.3 Å². The molecule has 0 N–H and O–H groups in total. The van der Waals surface area contributed by atoms with Gasteiger partial charge in [-0.3, -0.25) is 4.57 Å². The first kappa shape index (κ1) is 7.43. The molecule has 52 valence electrons. The maximum Gasteiger partial charge on any atom is 0.138 e. The number of hydrogen-bond donors (Lipinski definition) is 0. The molecule has 0 unspecified atom stereocenters. The van der Waals surface area contributed by atoms with E-state index >= 15 is 0 Å². The lowest BCUT2D eigenvalue weighted by molar-refractivity contribution is 0.607. The monoisotopic (exact) mass is 152 g/mol. The lowest BCUT2D eigenvalue weighted by Crippen LogP contribution is -1.65. The molecule has 0 fully saturated rings. The van der Waals surface area contributed by atoms with Crippen LogP contribution in [0.3, 0.4) is 0 Å². The molecule has 0 atom stereocenters. The Morgan fingerprint density at radius 1 is 1.20 bits per heavy atom. The van der Waals surface area contributed by atoms with E-state index in [1.165, 1.54) is 22.3 Å². The number of rotatable bonds is 0. The fraction of sp³-hybridized carbons (Fsp3) is 0.250. The van der Waals surface area contributed by atoms with Crippen molar-refractivity contribution in [1.82, 2.24) is 0 Å². The summed E-state index contributed by atoms with van der Waals surface area (Å²) in [5.74, 6) is 0. The first-order valence-corrected chi connectivity index (χ1v) is 3.52. The lowest BCUT2D eigenvalue weighted by Gasteiger charge is -1.83. The van der Waals surface area contributed by atoms with Gasteiger partial charge in [0.05, 0.1) is 0 Å². The van der Waals surface area contributed by atoms with Crippen molar-refractivity contribution < 1.29 is 4.57 Å². The maximum absolute atomic E-state index is 8.06. The van der Waals surface area contributed by atoms with Gasteiger partial charge in [-0.15, -0.1) is 0 Å². The molecule has 0 heterocycles. The summed E-state index contributed by atoms with van der Waals surface area (Å²) in [6.07, 6.45) is 0. The fourth-order valence-corrected chi connectivity index (χ4v) is 1.12. The highest BCUT2D eigenvalue weighted by molar-refractivity contribution is 7.00. The van der Waals surface area contributed by atoms with E-state index in [9.17, 15) is 0 Å². The first-order valence-electron chi connectivity index (χ1n) is 3.11. The average Bonchev–Trinajstić information content (AvgIpc) is 2.65. The zero-order valence-corrected chi connectivity index (χ0v) is 7.06. The van der Waals surface area contributed by atoms with Crippen LogP contribution < -0.4 is 0 Å². The highest BCUT2D eigenvalue weighted by Gasteiger charge is 2.16. The van der Waals surface area contributed by atoms with Crippen molar-refractivity contribution in [2.75, 3.05) is 0 Å². The van der Waals surface area contributed by atoms with E-state index in [2.05, 4.69) is 26.0 Å². The molecular weight excluding hydrogens is 143 g/mol. The largest absolute Gasteiger partial charge is 0.279 e. The summed E-state index contributed by atoms with van der Waals surface area (Å²) in [5, 5.41) is 0. The van der Waals surface area contributed by atoms with E-state index in [1.54, 1.807) is 9.12 Å². The smallest absolute Gasteiger partial charge is 0.138 e. The van der Waals surface area contributed by atoms with Crippen molar-refractivity contribution in [3.63, 3.8) is 0 Å². The van der Waals surface area contributed by atoms with Crippen LogP contribution in [0.2, 0.25) is 0 Å². The molecule has 0 amide bonds. The molecule has 0 aromatic heterocycles. The number of aryl methyl sites for hydroxylation is 1. The van der Waals surface area contributed by atoms with E-state index in [4.69, 9.17) is 4.57 Å². The molecular formula is C8H9OP. The summed E-state index contributed by atoms with van der Waals surface area (Å²) in [5.41, 5.74) is 5.86. The molecule has 0 aromatic carbocycles. The van der Waals surface area contributed by atoms with Crippen LogP contribution in [0.15, 0.2) is 12.1 Å². The molecule has 2 aliphatic carbocycles. The Kier molecular flexibility index (Phi) is 1.87. The Morgan fingerprint density at radius 2 is 1.80 bits per heavy atom. The van der Waals surface area contributed by atoms with E-state index in [-0.39, 0.29) is 0 Å². The molecule has 0 radical (unpaired) electrons. The van der Waals surface area contributed by atoms with Crippen molar-refractivity contribution in [2.24, 2.45) is 0 Å². The van der Waals surface area contributed by atoms with Crippen molar-refractivity contribution in [1.29, 1.82) is 0 Å². The normalized spacial score (nSPS) is 9.80. The standard InChI is InChI=1S/C8H8.HOP/c1-5-3-7-4-8(7)6(5)2;1-2/h3-4H,1-2H3;2H. The zero-order valence-electron chi connectivity index (χ0n) is 6.06. The molecule has 2 heteroatoms. The predicted octanol–water partition coefficient (Wildman–Crippen LogP) is 2.76.